The van der Waals surface area contributed by atoms with Crippen molar-refractivity contribution in [3.63, 3.8) is 0 Å². The summed E-state index contributed by atoms with van der Waals surface area (Å²) >= 11 is 0. The molecular formula is C27H46F3O3P2RhS+. The van der Waals surface area contributed by atoms with Gasteiger partial charge in [-0.15, -0.1) is 23.7 Å². The Labute approximate surface area is 239 Å². The van der Waals surface area contributed by atoms with Crippen LogP contribution in [0, 0.1) is 23.7 Å². The van der Waals surface area contributed by atoms with Gasteiger partial charge in [-0.1, -0.05) is 35.6 Å². The molecule has 2 saturated heterocycles. The first-order chi connectivity index (χ1) is 17.0. The van der Waals surface area contributed by atoms with Crippen LogP contribution in [0.2, 0.25) is 0 Å². The molecule has 0 amide bonds. The molecule has 1 radical (unpaired) electrons. The number of hydrogen-bond acceptors (Lipinski definition) is 2. The van der Waals surface area contributed by atoms with E-state index in [-0.39, 0.29) is 27.4 Å². The molecule has 0 spiro atoms. The number of rotatable bonds is 7. The zero-order valence-corrected chi connectivity index (χ0v) is 27.1. The van der Waals surface area contributed by atoms with E-state index >= 15 is 0 Å². The molecule has 0 bridgehead atoms. The fourth-order valence-corrected chi connectivity index (χ4v) is 14.5. The summed E-state index contributed by atoms with van der Waals surface area (Å²) in [6.07, 6.45) is 19.4. The molecular weight excluding hydrogens is 626 g/mol. The quantitative estimate of drug-likeness (QED) is 0.0973. The van der Waals surface area contributed by atoms with E-state index in [0.717, 1.165) is 37.0 Å². The molecule has 37 heavy (non-hydrogen) atoms. The second kappa shape index (κ2) is 19.4. The minimum Gasteiger partial charge on any atom is -0.279 e. The summed E-state index contributed by atoms with van der Waals surface area (Å²) < 4.78 is 57.5. The molecule has 2 fully saturated rings. The first-order valence-corrected chi connectivity index (χ1v) is 18.5. The third-order valence-electron chi connectivity index (χ3n) is 7.56. The van der Waals surface area contributed by atoms with Crippen LogP contribution in [0.25, 0.3) is 0 Å². The number of halogens is 3. The predicted molar refractivity (Wildman–Crippen MR) is 151 cm³/mol. The SMILES string of the molecule is C1#CCCC#CCC1.CC[C@@H]1CC[C@@H](CC)P1CC[PH+]1[C@H](CC)CC[C@H]1CC.O=S(=O)(O)C(F)(F)F.[Rh]. The van der Waals surface area contributed by atoms with Crippen LogP contribution >= 0.6 is 15.8 Å². The van der Waals surface area contributed by atoms with Gasteiger partial charge in [0.1, 0.15) is 0 Å². The second-order valence-electron chi connectivity index (χ2n) is 9.68. The Morgan fingerprint density at radius 1 is 0.784 bits per heavy atom. The maximum absolute atomic E-state index is 10.7. The molecule has 0 aromatic carbocycles. The van der Waals surface area contributed by atoms with Gasteiger partial charge in [0.05, 0.1) is 17.5 Å². The monoisotopic (exact) mass is 672 g/mol. The summed E-state index contributed by atoms with van der Waals surface area (Å²) in [5.41, 5.74) is -0.920. The number of alkyl halides is 3. The van der Waals surface area contributed by atoms with Crippen molar-refractivity contribution in [2.75, 3.05) is 12.3 Å². The van der Waals surface area contributed by atoms with Gasteiger partial charge < -0.3 is 0 Å². The summed E-state index contributed by atoms with van der Waals surface area (Å²) in [7, 11) is -5.48. The molecule has 0 aromatic rings. The summed E-state index contributed by atoms with van der Waals surface area (Å²) in [6, 6.07) is 0. The average Bonchev–Trinajstić information content (AvgIpc) is 3.39. The van der Waals surface area contributed by atoms with Crippen LogP contribution in [0.3, 0.4) is 0 Å². The van der Waals surface area contributed by atoms with E-state index in [4.69, 9.17) is 13.0 Å². The first kappa shape index (κ1) is 37.3. The standard InChI is InChI=1S/C18H36P2.C8H8.CHF3O3S.Rh/c1-5-15-9-10-16(6-2)19(15)13-14-20-17(7-3)11-12-18(20)8-4;1-2-4-6-8-7-5-3-1;2-1(3,4)8(5,6)7;/h15-18H,5-14H2,1-4H3;1-2,7-8H2;(H,5,6,7);/p+1/t15-,16-,17-,18-;;;/m1.../s1. The second-order valence-corrected chi connectivity index (χ2v) is 17.3. The van der Waals surface area contributed by atoms with Gasteiger partial charge in [0.25, 0.3) is 0 Å². The van der Waals surface area contributed by atoms with Crippen LogP contribution in [-0.4, -0.2) is 53.4 Å². The summed E-state index contributed by atoms with van der Waals surface area (Å²) in [5, 5.41) is 0. The Hall–Kier alpha value is 0.303. The predicted octanol–water partition coefficient (Wildman–Crippen LogP) is 8.34. The van der Waals surface area contributed by atoms with E-state index in [9.17, 15) is 13.2 Å². The van der Waals surface area contributed by atoms with E-state index in [2.05, 4.69) is 51.4 Å². The van der Waals surface area contributed by atoms with Gasteiger partial charge in [0.15, 0.2) is 0 Å². The number of hydrogen-bond donors (Lipinski definition) is 1. The molecule has 2 heterocycles. The molecule has 10 heteroatoms. The largest absolute Gasteiger partial charge is 0.522 e. The molecule has 4 atom stereocenters. The van der Waals surface area contributed by atoms with Gasteiger partial charge in [0, 0.05) is 59.2 Å². The van der Waals surface area contributed by atoms with Gasteiger partial charge >= 0.3 is 15.6 Å². The maximum atomic E-state index is 10.7. The molecule has 1 N–H and O–H groups in total. The normalized spacial score (nSPS) is 25.9. The molecule has 0 aromatic heterocycles. The van der Waals surface area contributed by atoms with Crippen LogP contribution in [0.4, 0.5) is 13.2 Å². The van der Waals surface area contributed by atoms with Crippen LogP contribution in [-0.2, 0) is 29.6 Å². The minimum absolute atomic E-state index is 0. The van der Waals surface area contributed by atoms with Crippen molar-refractivity contribution in [1.29, 1.82) is 0 Å². The van der Waals surface area contributed by atoms with E-state index in [1.54, 1.807) is 38.0 Å². The van der Waals surface area contributed by atoms with Crippen molar-refractivity contribution in [3.05, 3.63) is 0 Å². The zero-order valence-electron chi connectivity index (χ0n) is 22.8. The van der Waals surface area contributed by atoms with Gasteiger partial charge in [-0.05, 0) is 62.7 Å². The van der Waals surface area contributed by atoms with Crippen molar-refractivity contribution in [1.82, 2.24) is 0 Å². The molecule has 3 rings (SSSR count). The topological polar surface area (TPSA) is 54.4 Å². The van der Waals surface area contributed by atoms with Crippen LogP contribution < -0.4 is 0 Å². The Balaban J connectivity index is 0.000000631. The minimum atomic E-state index is -5.84. The summed E-state index contributed by atoms with van der Waals surface area (Å²) in [4.78, 5) is 0. The molecule has 217 valence electrons. The summed E-state index contributed by atoms with van der Waals surface area (Å²) in [5.74, 6) is 12.1. The fourth-order valence-electron chi connectivity index (χ4n) is 5.57. The van der Waals surface area contributed by atoms with Crippen LogP contribution in [0.1, 0.15) is 105 Å². The third-order valence-corrected chi connectivity index (χ3v) is 16.8. The Morgan fingerprint density at radius 3 is 1.41 bits per heavy atom. The Kier molecular flexibility index (Phi) is 19.6. The van der Waals surface area contributed by atoms with Gasteiger partial charge in [-0.25, -0.2) is 0 Å². The molecule has 0 saturated carbocycles. The smallest absolute Gasteiger partial charge is 0.279 e. The van der Waals surface area contributed by atoms with Crippen LogP contribution in [0.15, 0.2) is 0 Å². The first-order valence-electron chi connectivity index (χ1n) is 13.6. The van der Waals surface area contributed by atoms with Crippen LogP contribution in [0.5, 0.6) is 0 Å². The molecule has 1 aliphatic carbocycles. The van der Waals surface area contributed by atoms with E-state index in [1.807, 2.05) is 0 Å². The average molecular weight is 673 g/mol. The molecule has 3 aliphatic rings. The van der Waals surface area contributed by atoms with Gasteiger partial charge in [-0.3, -0.25) is 4.55 Å². The van der Waals surface area contributed by atoms with Crippen molar-refractivity contribution >= 4 is 26.0 Å². The van der Waals surface area contributed by atoms with Crippen molar-refractivity contribution in [2.45, 2.75) is 133 Å². The van der Waals surface area contributed by atoms with Crippen molar-refractivity contribution in [2.24, 2.45) is 0 Å². The van der Waals surface area contributed by atoms with Gasteiger partial charge in [-0.2, -0.15) is 21.6 Å². The zero-order chi connectivity index (χ0) is 27.2. The third kappa shape index (κ3) is 13.5. The summed E-state index contributed by atoms with van der Waals surface area (Å²) in [6.45, 7) is 9.81. The molecule has 2 aliphatic heterocycles. The fraction of sp³-hybridized carbons (Fsp3) is 0.852. The Morgan fingerprint density at radius 2 is 1.14 bits per heavy atom. The van der Waals surface area contributed by atoms with E-state index < -0.39 is 15.6 Å². The maximum Gasteiger partial charge on any atom is 0.522 e. The molecule has 0 unspecified atom stereocenters. The van der Waals surface area contributed by atoms with E-state index in [1.165, 1.54) is 37.0 Å². The Bertz CT molecular complexity index is 772. The van der Waals surface area contributed by atoms with Crippen molar-refractivity contribution in [3.8, 4) is 23.7 Å². The van der Waals surface area contributed by atoms with Crippen molar-refractivity contribution < 1.29 is 45.6 Å². The van der Waals surface area contributed by atoms with E-state index in [0.29, 0.717) is 7.92 Å². The molecule has 3 nitrogen and oxygen atoms in total. The van der Waals surface area contributed by atoms with Gasteiger partial charge in [0.2, 0.25) is 0 Å².